The lowest BCUT2D eigenvalue weighted by Crippen LogP contribution is -2.54. The second-order valence-electron chi connectivity index (χ2n) is 5.73. The molecule has 0 fully saturated rings. The quantitative estimate of drug-likeness (QED) is 0.653. The number of fused-ring (bicyclic) bond motifs is 1. The normalized spacial score (nSPS) is 15.7. The van der Waals surface area contributed by atoms with E-state index in [4.69, 9.17) is 4.74 Å². The van der Waals surface area contributed by atoms with Crippen molar-refractivity contribution in [2.45, 2.75) is 19.4 Å². The summed E-state index contributed by atoms with van der Waals surface area (Å²) >= 11 is 0. The zero-order chi connectivity index (χ0) is 18.5. The molecular weight excluding hydrogens is 334 g/mol. The van der Waals surface area contributed by atoms with E-state index in [1.165, 1.54) is 4.90 Å². The molecule has 0 aliphatic carbocycles. The van der Waals surface area contributed by atoms with E-state index in [0.717, 1.165) is 0 Å². The van der Waals surface area contributed by atoms with Crippen LogP contribution in [-0.4, -0.2) is 30.5 Å². The number of nitrogens with zero attached hydrogens (tertiary/aromatic N) is 1. The van der Waals surface area contributed by atoms with E-state index in [2.05, 4.69) is 10.6 Å². The minimum atomic E-state index is -1.04. The fourth-order valence-corrected chi connectivity index (χ4v) is 2.76. The molecule has 134 valence electrons. The van der Waals surface area contributed by atoms with Crippen molar-refractivity contribution in [1.29, 1.82) is 0 Å². The molecular formula is C19H19N3O4. The molecule has 1 aliphatic rings. The summed E-state index contributed by atoms with van der Waals surface area (Å²) in [6, 6.07) is 14.2. The van der Waals surface area contributed by atoms with Crippen LogP contribution in [0.25, 0.3) is 0 Å². The van der Waals surface area contributed by atoms with E-state index >= 15 is 0 Å². The average Bonchev–Trinajstić information content (AvgIpc) is 2.63. The maximum Gasteiger partial charge on any atom is 0.335 e. The van der Waals surface area contributed by atoms with Crippen molar-refractivity contribution in [2.75, 3.05) is 16.8 Å². The Morgan fingerprint density at radius 2 is 1.77 bits per heavy atom. The van der Waals surface area contributed by atoms with Crippen LogP contribution in [0.1, 0.15) is 13.3 Å². The molecule has 0 aromatic heterocycles. The Hall–Kier alpha value is -3.35. The zero-order valence-electron chi connectivity index (χ0n) is 14.3. The summed E-state index contributed by atoms with van der Waals surface area (Å²) in [4.78, 5) is 38.6. The van der Waals surface area contributed by atoms with Gasteiger partial charge in [-0.2, -0.15) is 0 Å². The first-order valence-corrected chi connectivity index (χ1v) is 8.33. The van der Waals surface area contributed by atoms with E-state index in [0.29, 0.717) is 23.7 Å². The molecule has 2 aromatic rings. The van der Waals surface area contributed by atoms with Crippen LogP contribution >= 0.6 is 0 Å². The van der Waals surface area contributed by atoms with Crippen LogP contribution in [0.5, 0.6) is 5.75 Å². The highest BCUT2D eigenvalue weighted by Gasteiger charge is 2.39. The minimum Gasteiger partial charge on any atom is -0.423 e. The Labute approximate surface area is 150 Å². The Balaban J connectivity index is 1.84. The third-order valence-electron chi connectivity index (χ3n) is 3.90. The number of urea groups is 1. The predicted octanol–water partition coefficient (Wildman–Crippen LogP) is 2.54. The summed E-state index contributed by atoms with van der Waals surface area (Å²) in [5, 5.41) is 5.40. The van der Waals surface area contributed by atoms with Crippen LogP contribution in [-0.2, 0) is 9.59 Å². The summed E-state index contributed by atoms with van der Waals surface area (Å²) < 4.78 is 5.31. The van der Waals surface area contributed by atoms with Gasteiger partial charge in [0.2, 0.25) is 5.91 Å². The smallest absolute Gasteiger partial charge is 0.335 e. The summed E-state index contributed by atoms with van der Waals surface area (Å²) in [6.45, 7) is 2.18. The van der Waals surface area contributed by atoms with Crippen LogP contribution in [0.3, 0.4) is 0 Å². The molecule has 0 spiro atoms. The van der Waals surface area contributed by atoms with Gasteiger partial charge in [-0.3, -0.25) is 9.69 Å². The van der Waals surface area contributed by atoms with Gasteiger partial charge >= 0.3 is 12.0 Å². The van der Waals surface area contributed by atoms with E-state index in [1.807, 2.05) is 6.07 Å². The van der Waals surface area contributed by atoms with Gasteiger partial charge in [0.05, 0.1) is 12.1 Å². The van der Waals surface area contributed by atoms with Crippen molar-refractivity contribution >= 4 is 29.3 Å². The van der Waals surface area contributed by atoms with Crippen LogP contribution in [0.15, 0.2) is 54.6 Å². The van der Waals surface area contributed by atoms with Gasteiger partial charge in [-0.25, -0.2) is 9.59 Å². The van der Waals surface area contributed by atoms with Gasteiger partial charge < -0.3 is 15.4 Å². The Morgan fingerprint density at radius 3 is 2.50 bits per heavy atom. The molecule has 0 bridgehead atoms. The summed E-state index contributed by atoms with van der Waals surface area (Å²) in [5.41, 5.74) is 1.07. The third-order valence-corrected chi connectivity index (χ3v) is 3.90. The first-order valence-electron chi connectivity index (χ1n) is 8.33. The Bertz CT molecular complexity index is 823. The number of hydrogen-bond donors (Lipinski definition) is 2. The Morgan fingerprint density at radius 1 is 1.08 bits per heavy atom. The number of benzene rings is 2. The van der Waals surface area contributed by atoms with Gasteiger partial charge in [0.1, 0.15) is 6.04 Å². The second kappa shape index (κ2) is 7.69. The van der Waals surface area contributed by atoms with Crippen molar-refractivity contribution in [3.63, 3.8) is 0 Å². The van der Waals surface area contributed by atoms with Crippen LogP contribution in [0.2, 0.25) is 0 Å². The number of para-hydroxylation sites is 3. The number of nitrogens with one attached hydrogen (secondary N) is 2. The van der Waals surface area contributed by atoms with Crippen LogP contribution in [0, 0.1) is 0 Å². The molecule has 7 heteroatoms. The molecule has 7 nitrogen and oxygen atoms in total. The van der Waals surface area contributed by atoms with Gasteiger partial charge in [-0.05, 0) is 31.2 Å². The molecule has 2 aromatic carbocycles. The van der Waals surface area contributed by atoms with Crippen molar-refractivity contribution < 1.29 is 19.1 Å². The lowest BCUT2D eigenvalue weighted by atomic mass is 10.1. The highest BCUT2D eigenvalue weighted by Crippen LogP contribution is 2.35. The topological polar surface area (TPSA) is 87.7 Å². The number of anilines is 2. The van der Waals surface area contributed by atoms with Gasteiger partial charge in [0, 0.05) is 12.2 Å². The van der Waals surface area contributed by atoms with Crippen molar-refractivity contribution in [1.82, 2.24) is 5.32 Å². The molecule has 3 rings (SSSR count). The maximum absolute atomic E-state index is 12.5. The van der Waals surface area contributed by atoms with E-state index in [9.17, 15) is 14.4 Å². The third kappa shape index (κ3) is 3.66. The zero-order valence-corrected chi connectivity index (χ0v) is 14.3. The molecule has 1 aliphatic heterocycles. The lowest BCUT2D eigenvalue weighted by Gasteiger charge is -2.34. The number of rotatable bonds is 4. The fraction of sp³-hybridized carbons (Fsp3) is 0.211. The molecule has 26 heavy (non-hydrogen) atoms. The number of hydrogen-bond acceptors (Lipinski definition) is 4. The summed E-state index contributed by atoms with van der Waals surface area (Å²) in [7, 11) is 0. The van der Waals surface area contributed by atoms with E-state index in [-0.39, 0.29) is 12.3 Å². The van der Waals surface area contributed by atoms with Crippen molar-refractivity contribution in [3.8, 4) is 5.75 Å². The number of esters is 1. The first kappa shape index (κ1) is 17.5. The van der Waals surface area contributed by atoms with Crippen LogP contribution < -0.4 is 20.3 Å². The maximum atomic E-state index is 12.5. The van der Waals surface area contributed by atoms with Gasteiger partial charge in [0.15, 0.2) is 5.75 Å². The van der Waals surface area contributed by atoms with Gasteiger partial charge in [0.25, 0.3) is 0 Å². The Kier molecular flexibility index (Phi) is 5.17. The summed E-state index contributed by atoms with van der Waals surface area (Å²) in [5.74, 6) is -0.728. The molecule has 3 amide bonds. The number of amides is 3. The second-order valence-corrected chi connectivity index (χ2v) is 5.73. The minimum absolute atomic E-state index is 0.209. The highest BCUT2D eigenvalue weighted by atomic mass is 16.5. The standard InChI is InChI=1S/C19H19N3O4/c1-2-20-19(25)22-14-10-6-7-11-16(14)26-18(24)15(22)12-17(23)21-13-8-4-3-5-9-13/h3-11,15H,2,12H2,1H3,(H,20,25)(H,21,23)/t15-/m0/s1. The monoisotopic (exact) mass is 353 g/mol. The SMILES string of the molecule is CCNC(=O)N1c2ccccc2OC(=O)[C@@H]1CC(=O)Nc1ccccc1. The largest absolute Gasteiger partial charge is 0.423 e. The molecule has 0 unspecified atom stereocenters. The van der Waals surface area contributed by atoms with E-state index < -0.39 is 18.0 Å². The van der Waals surface area contributed by atoms with Crippen molar-refractivity contribution in [3.05, 3.63) is 54.6 Å². The number of carbonyl (C=O) groups is 3. The van der Waals surface area contributed by atoms with Gasteiger partial charge in [-0.15, -0.1) is 0 Å². The number of carbonyl (C=O) groups excluding carboxylic acids is 3. The first-order chi connectivity index (χ1) is 12.6. The molecule has 1 atom stereocenters. The molecule has 2 N–H and O–H groups in total. The average molecular weight is 353 g/mol. The molecule has 0 saturated carbocycles. The summed E-state index contributed by atoms with van der Waals surface area (Å²) in [6.07, 6.45) is -0.209. The van der Waals surface area contributed by atoms with E-state index in [1.54, 1.807) is 55.5 Å². The fourth-order valence-electron chi connectivity index (χ4n) is 2.76. The lowest BCUT2D eigenvalue weighted by molar-refractivity contribution is -0.138. The highest BCUT2D eigenvalue weighted by molar-refractivity contribution is 6.05. The van der Waals surface area contributed by atoms with Gasteiger partial charge in [-0.1, -0.05) is 30.3 Å². The predicted molar refractivity (Wildman–Crippen MR) is 97.1 cm³/mol. The van der Waals surface area contributed by atoms with Crippen molar-refractivity contribution in [2.24, 2.45) is 0 Å². The van der Waals surface area contributed by atoms with Crippen LogP contribution in [0.4, 0.5) is 16.2 Å². The number of ether oxygens (including phenoxy) is 1. The molecule has 1 heterocycles. The molecule has 0 radical (unpaired) electrons. The molecule has 0 saturated heterocycles.